The standard InChI is InChI=1S/C17H23N5O3/c1-2-19-16(23)12-25-15-6-3-5-14(11-15)21-17(24)20-7-4-9-22-10-8-18-13-22/h3,5-6,8,10-11,13H,2,4,7,9,12H2,1H3,(H,19,23)(H2,20,21,24). The molecule has 3 N–H and O–H groups in total. The zero-order valence-corrected chi connectivity index (χ0v) is 14.2. The predicted molar refractivity (Wildman–Crippen MR) is 94.5 cm³/mol. The quantitative estimate of drug-likeness (QED) is 0.602. The van der Waals surface area contributed by atoms with Gasteiger partial charge in [-0.2, -0.15) is 0 Å². The Bertz CT molecular complexity index is 673. The first-order chi connectivity index (χ1) is 12.2. The topological polar surface area (TPSA) is 97.3 Å². The number of carbonyl (C=O) groups is 2. The average Bonchev–Trinajstić information content (AvgIpc) is 3.11. The second kappa shape index (κ2) is 9.96. The summed E-state index contributed by atoms with van der Waals surface area (Å²) < 4.78 is 7.34. The number of benzene rings is 1. The highest BCUT2D eigenvalue weighted by Crippen LogP contribution is 2.17. The number of carbonyl (C=O) groups excluding carboxylic acids is 2. The predicted octanol–water partition coefficient (Wildman–Crippen LogP) is 1.61. The summed E-state index contributed by atoms with van der Waals surface area (Å²) in [7, 11) is 0. The van der Waals surface area contributed by atoms with E-state index in [-0.39, 0.29) is 18.5 Å². The van der Waals surface area contributed by atoms with Gasteiger partial charge in [-0.25, -0.2) is 9.78 Å². The van der Waals surface area contributed by atoms with Crippen LogP contribution >= 0.6 is 0 Å². The number of aryl methyl sites for hydroxylation is 1. The van der Waals surface area contributed by atoms with Crippen LogP contribution in [0, 0.1) is 0 Å². The van der Waals surface area contributed by atoms with Crippen LogP contribution in [0.4, 0.5) is 10.5 Å². The molecule has 3 amide bonds. The monoisotopic (exact) mass is 345 g/mol. The van der Waals surface area contributed by atoms with Gasteiger partial charge in [-0.15, -0.1) is 0 Å². The third kappa shape index (κ3) is 6.94. The van der Waals surface area contributed by atoms with Gasteiger partial charge >= 0.3 is 6.03 Å². The van der Waals surface area contributed by atoms with Crippen molar-refractivity contribution in [3.63, 3.8) is 0 Å². The normalized spacial score (nSPS) is 10.1. The Morgan fingerprint density at radius 1 is 1.28 bits per heavy atom. The van der Waals surface area contributed by atoms with Gasteiger partial charge in [0, 0.05) is 43.8 Å². The Kier molecular flexibility index (Phi) is 7.30. The second-order valence-electron chi connectivity index (χ2n) is 5.30. The summed E-state index contributed by atoms with van der Waals surface area (Å²) in [6, 6.07) is 6.62. The lowest BCUT2D eigenvalue weighted by Crippen LogP contribution is -2.30. The van der Waals surface area contributed by atoms with Crippen LogP contribution in [-0.4, -0.2) is 41.2 Å². The molecule has 0 aliphatic carbocycles. The van der Waals surface area contributed by atoms with Gasteiger partial charge in [0.05, 0.1) is 6.33 Å². The molecule has 0 fully saturated rings. The zero-order valence-electron chi connectivity index (χ0n) is 14.2. The van der Waals surface area contributed by atoms with Gasteiger partial charge in [0.2, 0.25) is 0 Å². The highest BCUT2D eigenvalue weighted by Gasteiger charge is 2.04. The van der Waals surface area contributed by atoms with Gasteiger partial charge in [-0.3, -0.25) is 4.79 Å². The summed E-state index contributed by atoms with van der Waals surface area (Å²) in [5.41, 5.74) is 0.598. The Labute approximate surface area is 146 Å². The minimum absolute atomic E-state index is 0.0578. The molecule has 25 heavy (non-hydrogen) atoms. The van der Waals surface area contributed by atoms with Crippen LogP contribution in [0.2, 0.25) is 0 Å². The molecular weight excluding hydrogens is 322 g/mol. The van der Waals surface area contributed by atoms with E-state index in [2.05, 4.69) is 20.9 Å². The van der Waals surface area contributed by atoms with Crippen LogP contribution in [-0.2, 0) is 11.3 Å². The number of ether oxygens (including phenoxy) is 1. The number of rotatable bonds is 9. The zero-order chi connectivity index (χ0) is 17.9. The van der Waals surface area contributed by atoms with Crippen molar-refractivity contribution in [3.8, 4) is 5.75 Å². The Morgan fingerprint density at radius 3 is 2.92 bits per heavy atom. The largest absolute Gasteiger partial charge is 0.484 e. The number of hydrogen-bond acceptors (Lipinski definition) is 4. The van der Waals surface area contributed by atoms with E-state index in [0.717, 1.165) is 13.0 Å². The molecule has 0 saturated heterocycles. The number of aromatic nitrogens is 2. The molecule has 134 valence electrons. The molecule has 0 saturated carbocycles. The molecule has 0 aliphatic heterocycles. The number of urea groups is 1. The summed E-state index contributed by atoms with van der Waals surface area (Å²) in [4.78, 5) is 27.2. The van der Waals surface area contributed by atoms with E-state index in [1.807, 2.05) is 17.7 Å². The molecule has 1 aromatic heterocycles. The highest BCUT2D eigenvalue weighted by molar-refractivity contribution is 5.89. The number of likely N-dealkylation sites (N-methyl/N-ethyl adjacent to an activating group) is 1. The fraction of sp³-hybridized carbons (Fsp3) is 0.353. The summed E-state index contributed by atoms with van der Waals surface area (Å²) in [6.07, 6.45) is 6.15. The number of nitrogens with zero attached hydrogens (tertiary/aromatic N) is 2. The minimum Gasteiger partial charge on any atom is -0.484 e. The van der Waals surface area contributed by atoms with E-state index in [0.29, 0.717) is 24.5 Å². The number of amides is 3. The Hall–Kier alpha value is -3.03. The molecule has 8 nitrogen and oxygen atoms in total. The molecule has 0 aliphatic rings. The van der Waals surface area contributed by atoms with Gasteiger partial charge in [-0.1, -0.05) is 6.07 Å². The minimum atomic E-state index is -0.286. The van der Waals surface area contributed by atoms with Crippen molar-refractivity contribution in [2.45, 2.75) is 19.9 Å². The molecular formula is C17H23N5O3. The van der Waals surface area contributed by atoms with E-state index in [4.69, 9.17) is 4.74 Å². The van der Waals surface area contributed by atoms with Crippen LogP contribution in [0.1, 0.15) is 13.3 Å². The number of imidazole rings is 1. The van der Waals surface area contributed by atoms with E-state index in [1.165, 1.54) is 0 Å². The number of hydrogen-bond donors (Lipinski definition) is 3. The molecule has 0 radical (unpaired) electrons. The molecule has 8 heteroatoms. The van der Waals surface area contributed by atoms with Gasteiger partial charge in [-0.05, 0) is 25.5 Å². The summed E-state index contributed by atoms with van der Waals surface area (Å²) >= 11 is 0. The smallest absolute Gasteiger partial charge is 0.319 e. The van der Waals surface area contributed by atoms with Crippen molar-refractivity contribution in [1.29, 1.82) is 0 Å². The van der Waals surface area contributed by atoms with Crippen molar-refractivity contribution in [1.82, 2.24) is 20.2 Å². The van der Waals surface area contributed by atoms with Crippen LogP contribution in [0.3, 0.4) is 0 Å². The lowest BCUT2D eigenvalue weighted by Gasteiger charge is -2.10. The maximum Gasteiger partial charge on any atom is 0.319 e. The fourth-order valence-corrected chi connectivity index (χ4v) is 2.12. The van der Waals surface area contributed by atoms with Crippen molar-refractivity contribution >= 4 is 17.6 Å². The van der Waals surface area contributed by atoms with Crippen LogP contribution in [0.5, 0.6) is 5.75 Å². The third-order valence-corrected chi connectivity index (χ3v) is 3.27. The Balaban J connectivity index is 1.70. The first-order valence-electron chi connectivity index (χ1n) is 8.17. The number of anilines is 1. The average molecular weight is 345 g/mol. The molecule has 1 heterocycles. The maximum atomic E-state index is 11.9. The lowest BCUT2D eigenvalue weighted by molar-refractivity contribution is -0.122. The van der Waals surface area contributed by atoms with Crippen molar-refractivity contribution in [3.05, 3.63) is 43.0 Å². The van der Waals surface area contributed by atoms with E-state index >= 15 is 0 Å². The van der Waals surface area contributed by atoms with Crippen molar-refractivity contribution < 1.29 is 14.3 Å². The van der Waals surface area contributed by atoms with Crippen LogP contribution < -0.4 is 20.7 Å². The van der Waals surface area contributed by atoms with E-state index in [9.17, 15) is 9.59 Å². The molecule has 2 aromatic rings. The summed E-state index contributed by atoms with van der Waals surface area (Å²) in [6.45, 7) is 3.69. The van der Waals surface area contributed by atoms with Gasteiger partial charge in [0.1, 0.15) is 5.75 Å². The van der Waals surface area contributed by atoms with Gasteiger partial charge in [0.25, 0.3) is 5.91 Å². The highest BCUT2D eigenvalue weighted by atomic mass is 16.5. The molecule has 1 aromatic carbocycles. The summed E-state index contributed by atoms with van der Waals surface area (Å²) in [5.74, 6) is 0.334. The van der Waals surface area contributed by atoms with Crippen LogP contribution in [0.25, 0.3) is 0 Å². The third-order valence-electron chi connectivity index (χ3n) is 3.27. The maximum absolute atomic E-state index is 11.9. The first kappa shape index (κ1) is 18.3. The second-order valence-corrected chi connectivity index (χ2v) is 5.30. The molecule has 2 rings (SSSR count). The summed E-state index contributed by atoms with van der Waals surface area (Å²) in [5, 5.41) is 8.18. The van der Waals surface area contributed by atoms with Crippen LogP contribution in [0.15, 0.2) is 43.0 Å². The van der Waals surface area contributed by atoms with Gasteiger partial charge in [0.15, 0.2) is 6.61 Å². The van der Waals surface area contributed by atoms with E-state index < -0.39 is 0 Å². The first-order valence-corrected chi connectivity index (χ1v) is 8.17. The molecule has 0 atom stereocenters. The van der Waals surface area contributed by atoms with Gasteiger partial charge < -0.3 is 25.3 Å². The molecule has 0 bridgehead atoms. The molecule has 0 unspecified atom stereocenters. The fourth-order valence-electron chi connectivity index (χ4n) is 2.12. The lowest BCUT2D eigenvalue weighted by atomic mass is 10.3. The Morgan fingerprint density at radius 2 is 2.16 bits per heavy atom. The SMILES string of the molecule is CCNC(=O)COc1cccc(NC(=O)NCCCn2ccnc2)c1. The van der Waals surface area contributed by atoms with E-state index in [1.54, 1.807) is 36.8 Å². The van der Waals surface area contributed by atoms with Crippen molar-refractivity contribution in [2.75, 3.05) is 25.0 Å². The number of nitrogens with one attached hydrogen (secondary N) is 3. The van der Waals surface area contributed by atoms with Crippen molar-refractivity contribution in [2.24, 2.45) is 0 Å². The molecule has 0 spiro atoms.